The van der Waals surface area contributed by atoms with E-state index in [-0.39, 0.29) is 6.61 Å². The summed E-state index contributed by atoms with van der Waals surface area (Å²) >= 11 is 0. The van der Waals surface area contributed by atoms with E-state index in [2.05, 4.69) is 11.3 Å². The summed E-state index contributed by atoms with van der Waals surface area (Å²) in [6.07, 6.45) is 0. The third-order valence-electron chi connectivity index (χ3n) is 0.997. The van der Waals surface area contributed by atoms with Crippen molar-refractivity contribution in [1.29, 1.82) is 0 Å². The van der Waals surface area contributed by atoms with E-state index >= 15 is 0 Å². The van der Waals surface area contributed by atoms with E-state index < -0.39 is 22.2 Å². The number of aliphatic hydroxyl groups excluding tert-OH is 1. The SMILES string of the molecule is C=C(C)COC(CO)S(=O)(=O)O. The van der Waals surface area contributed by atoms with Crippen LogP contribution in [0.15, 0.2) is 12.2 Å². The van der Waals surface area contributed by atoms with Crippen molar-refractivity contribution in [2.45, 2.75) is 12.4 Å². The fraction of sp³-hybridized carbons (Fsp3) is 0.667. The molecule has 0 amide bonds. The predicted molar refractivity (Wildman–Crippen MR) is 43.2 cm³/mol. The number of hydrogen-bond donors (Lipinski definition) is 2. The van der Waals surface area contributed by atoms with Gasteiger partial charge in [-0.05, 0) is 6.92 Å². The highest BCUT2D eigenvalue weighted by atomic mass is 32.2. The van der Waals surface area contributed by atoms with Gasteiger partial charge in [-0.25, -0.2) is 0 Å². The molecule has 0 heterocycles. The molecule has 2 N–H and O–H groups in total. The Morgan fingerprint density at radius 3 is 2.42 bits per heavy atom. The molecule has 1 atom stereocenters. The molecule has 5 nitrogen and oxygen atoms in total. The second kappa shape index (κ2) is 4.56. The molecule has 0 aromatic heterocycles. The molecule has 0 aromatic carbocycles. The summed E-state index contributed by atoms with van der Waals surface area (Å²) in [5.41, 5.74) is -0.966. The van der Waals surface area contributed by atoms with Crippen LogP contribution in [-0.2, 0) is 14.9 Å². The third kappa shape index (κ3) is 4.45. The van der Waals surface area contributed by atoms with Crippen molar-refractivity contribution in [3.63, 3.8) is 0 Å². The van der Waals surface area contributed by atoms with Gasteiger partial charge in [0.1, 0.15) is 0 Å². The van der Waals surface area contributed by atoms with Crippen molar-refractivity contribution in [3.8, 4) is 0 Å². The van der Waals surface area contributed by atoms with Gasteiger partial charge in [-0.2, -0.15) is 8.42 Å². The van der Waals surface area contributed by atoms with Gasteiger partial charge in [-0.3, -0.25) is 4.55 Å². The Hall–Kier alpha value is -0.430. The summed E-state index contributed by atoms with van der Waals surface area (Å²) < 4.78 is 33.9. The van der Waals surface area contributed by atoms with Gasteiger partial charge in [0.25, 0.3) is 10.1 Å². The molecule has 0 aliphatic rings. The van der Waals surface area contributed by atoms with Gasteiger partial charge in [0.15, 0.2) is 0 Å². The average molecular weight is 196 g/mol. The standard InChI is InChI=1S/C6H12O5S/c1-5(2)4-11-6(3-7)12(8,9)10/h6-7H,1,3-4H2,2H3,(H,8,9,10). The lowest BCUT2D eigenvalue weighted by molar-refractivity contribution is 0.0708. The van der Waals surface area contributed by atoms with Crippen LogP contribution in [0.5, 0.6) is 0 Å². The van der Waals surface area contributed by atoms with E-state index in [1.165, 1.54) is 0 Å². The topological polar surface area (TPSA) is 83.8 Å². The Morgan fingerprint density at radius 1 is 1.67 bits per heavy atom. The molecule has 0 rings (SSSR count). The van der Waals surface area contributed by atoms with Crippen LogP contribution in [0.4, 0.5) is 0 Å². The van der Waals surface area contributed by atoms with E-state index in [0.29, 0.717) is 5.57 Å². The quantitative estimate of drug-likeness (QED) is 0.469. The van der Waals surface area contributed by atoms with E-state index in [4.69, 9.17) is 9.66 Å². The first-order valence-electron chi connectivity index (χ1n) is 3.21. The van der Waals surface area contributed by atoms with Crippen molar-refractivity contribution in [3.05, 3.63) is 12.2 Å². The number of hydrogen-bond acceptors (Lipinski definition) is 4. The zero-order valence-corrected chi connectivity index (χ0v) is 7.54. The van der Waals surface area contributed by atoms with Crippen molar-refractivity contribution in [2.24, 2.45) is 0 Å². The van der Waals surface area contributed by atoms with Crippen LogP contribution in [-0.4, -0.2) is 36.7 Å². The number of aliphatic hydroxyl groups is 1. The zero-order valence-electron chi connectivity index (χ0n) is 6.73. The zero-order chi connectivity index (χ0) is 9.78. The largest absolute Gasteiger partial charge is 0.392 e. The Morgan fingerprint density at radius 2 is 2.17 bits per heavy atom. The highest BCUT2D eigenvalue weighted by molar-refractivity contribution is 7.86. The van der Waals surface area contributed by atoms with Gasteiger partial charge >= 0.3 is 0 Å². The van der Waals surface area contributed by atoms with Crippen LogP contribution in [0.1, 0.15) is 6.92 Å². The van der Waals surface area contributed by atoms with Crippen LogP contribution in [0.25, 0.3) is 0 Å². The van der Waals surface area contributed by atoms with Crippen molar-refractivity contribution in [1.82, 2.24) is 0 Å². The lowest BCUT2D eigenvalue weighted by Crippen LogP contribution is -2.28. The molecular weight excluding hydrogens is 184 g/mol. The first-order valence-corrected chi connectivity index (χ1v) is 4.71. The molecule has 0 aromatic rings. The maximum atomic E-state index is 10.4. The molecule has 0 saturated heterocycles. The highest BCUT2D eigenvalue weighted by Gasteiger charge is 2.22. The lowest BCUT2D eigenvalue weighted by atomic mass is 10.4. The Balaban J connectivity index is 4.11. The van der Waals surface area contributed by atoms with Crippen LogP contribution in [0.2, 0.25) is 0 Å². The molecule has 0 spiro atoms. The fourth-order valence-corrected chi connectivity index (χ4v) is 0.896. The molecule has 0 aliphatic heterocycles. The smallest absolute Gasteiger partial charge is 0.294 e. The molecule has 12 heavy (non-hydrogen) atoms. The monoisotopic (exact) mass is 196 g/mol. The van der Waals surface area contributed by atoms with Crippen LogP contribution in [0, 0.1) is 0 Å². The normalized spacial score (nSPS) is 14.2. The molecule has 72 valence electrons. The summed E-state index contributed by atoms with van der Waals surface area (Å²) in [6.45, 7) is 4.32. The summed E-state index contributed by atoms with van der Waals surface area (Å²) in [6, 6.07) is 0. The second-order valence-electron chi connectivity index (χ2n) is 2.40. The van der Waals surface area contributed by atoms with E-state index in [1.807, 2.05) is 0 Å². The molecule has 0 radical (unpaired) electrons. The van der Waals surface area contributed by atoms with Gasteiger partial charge in [-0.1, -0.05) is 12.2 Å². The predicted octanol–water partition coefficient (Wildman–Crippen LogP) is -0.215. The maximum absolute atomic E-state index is 10.4. The molecule has 0 bridgehead atoms. The first-order chi connectivity index (χ1) is 5.38. The third-order valence-corrected chi connectivity index (χ3v) is 1.95. The summed E-state index contributed by atoms with van der Waals surface area (Å²) in [5.74, 6) is 0. The van der Waals surface area contributed by atoms with Crippen molar-refractivity contribution < 1.29 is 22.8 Å². The number of rotatable bonds is 5. The minimum Gasteiger partial charge on any atom is -0.392 e. The van der Waals surface area contributed by atoms with Crippen LogP contribution >= 0.6 is 0 Å². The fourth-order valence-electron chi connectivity index (χ4n) is 0.468. The highest BCUT2D eigenvalue weighted by Crippen LogP contribution is 2.01. The second-order valence-corrected chi connectivity index (χ2v) is 3.95. The van der Waals surface area contributed by atoms with Gasteiger partial charge in [0, 0.05) is 0 Å². The Bertz CT molecular complexity index is 243. The van der Waals surface area contributed by atoms with Gasteiger partial charge < -0.3 is 9.84 Å². The summed E-state index contributed by atoms with van der Waals surface area (Å²) in [5, 5.41) is 8.48. The molecule has 0 fully saturated rings. The van der Waals surface area contributed by atoms with Crippen molar-refractivity contribution in [2.75, 3.05) is 13.2 Å². The maximum Gasteiger partial charge on any atom is 0.294 e. The minimum absolute atomic E-state index is 0.00891. The minimum atomic E-state index is -4.32. The molecule has 1 unspecified atom stereocenters. The summed E-state index contributed by atoms with van der Waals surface area (Å²) in [7, 11) is -4.32. The molecule has 0 aliphatic carbocycles. The van der Waals surface area contributed by atoms with Gasteiger partial charge in [-0.15, -0.1) is 0 Å². The van der Waals surface area contributed by atoms with Crippen molar-refractivity contribution >= 4 is 10.1 Å². The lowest BCUT2D eigenvalue weighted by Gasteiger charge is -2.11. The summed E-state index contributed by atoms with van der Waals surface area (Å²) in [4.78, 5) is 0. The first kappa shape index (κ1) is 11.6. The molecule has 6 heteroatoms. The van der Waals surface area contributed by atoms with Gasteiger partial charge in [0.2, 0.25) is 5.44 Å². The van der Waals surface area contributed by atoms with Gasteiger partial charge in [0.05, 0.1) is 13.2 Å². The molecule has 0 saturated carbocycles. The van der Waals surface area contributed by atoms with E-state index in [1.54, 1.807) is 6.92 Å². The van der Waals surface area contributed by atoms with Crippen LogP contribution in [0.3, 0.4) is 0 Å². The van der Waals surface area contributed by atoms with E-state index in [9.17, 15) is 8.42 Å². The Kier molecular flexibility index (Phi) is 4.40. The van der Waals surface area contributed by atoms with Crippen LogP contribution < -0.4 is 0 Å². The molecular formula is C6H12O5S. The number of ether oxygens (including phenoxy) is 1. The average Bonchev–Trinajstić information content (AvgIpc) is 1.85. The Labute approximate surface area is 71.4 Å². The van der Waals surface area contributed by atoms with E-state index in [0.717, 1.165) is 0 Å².